The zero-order valence-corrected chi connectivity index (χ0v) is 19.8. The van der Waals surface area contributed by atoms with Gasteiger partial charge in [0.1, 0.15) is 12.1 Å². The predicted molar refractivity (Wildman–Crippen MR) is 120 cm³/mol. The summed E-state index contributed by atoms with van der Waals surface area (Å²) in [5.74, 6) is -0.940. The van der Waals surface area contributed by atoms with E-state index in [2.05, 4.69) is 36.7 Å². The van der Waals surface area contributed by atoms with Crippen molar-refractivity contribution in [2.45, 2.75) is 83.6 Å². The van der Waals surface area contributed by atoms with Crippen LogP contribution >= 0.6 is 21.6 Å². The van der Waals surface area contributed by atoms with E-state index in [0.29, 0.717) is 38.0 Å². The third-order valence-corrected chi connectivity index (χ3v) is 7.09. The zero-order chi connectivity index (χ0) is 22.4. The first-order valence-electron chi connectivity index (χ1n) is 9.96. The van der Waals surface area contributed by atoms with E-state index in [0.717, 1.165) is 0 Å². The Kier molecular flexibility index (Phi) is 13.8. The highest BCUT2D eigenvalue weighted by Gasteiger charge is 2.26. The second-order valence-electron chi connectivity index (χ2n) is 7.62. The van der Waals surface area contributed by atoms with E-state index in [1.54, 1.807) is 24.6 Å². The smallest absolute Gasteiger partial charge is 0.243 e. The molecular weight excluding hydrogens is 412 g/mol. The predicted octanol–water partition coefficient (Wildman–Crippen LogP) is 1.73. The Morgan fingerprint density at radius 3 is 2.07 bits per heavy atom. The summed E-state index contributed by atoms with van der Waals surface area (Å²) in [6.07, 6.45) is 2.43. The van der Waals surface area contributed by atoms with Gasteiger partial charge in [-0.25, -0.2) is 0 Å². The molecule has 0 aromatic heterocycles. The summed E-state index contributed by atoms with van der Waals surface area (Å²) in [7, 11) is 3.08. The fourth-order valence-electron chi connectivity index (χ4n) is 2.14. The molecule has 0 heterocycles. The fourth-order valence-corrected chi connectivity index (χ4v) is 4.62. The summed E-state index contributed by atoms with van der Waals surface area (Å²) in [5, 5.41) is 8.14. The van der Waals surface area contributed by atoms with Crippen LogP contribution in [0.5, 0.6) is 0 Å². The summed E-state index contributed by atoms with van der Waals surface area (Å²) in [5.41, 5.74) is 5.44. The lowest BCUT2D eigenvalue weighted by Gasteiger charge is -2.23. The van der Waals surface area contributed by atoms with Crippen molar-refractivity contribution in [2.75, 3.05) is 12.3 Å². The summed E-state index contributed by atoms with van der Waals surface area (Å²) in [6.45, 7) is 10.2. The van der Waals surface area contributed by atoms with Gasteiger partial charge in [0.15, 0.2) is 0 Å². The second kappa shape index (κ2) is 14.5. The molecule has 0 radical (unpaired) electrons. The molecule has 2 atom stereocenters. The van der Waals surface area contributed by atoms with Gasteiger partial charge in [0.2, 0.25) is 23.6 Å². The third kappa shape index (κ3) is 14.2. The molecule has 10 heteroatoms. The van der Waals surface area contributed by atoms with Gasteiger partial charge in [-0.3, -0.25) is 19.2 Å². The van der Waals surface area contributed by atoms with Crippen LogP contribution in [0.2, 0.25) is 0 Å². The number of nitrogens with two attached hydrogens (primary N) is 1. The molecule has 0 spiro atoms. The number of hydrogen-bond acceptors (Lipinski definition) is 6. The molecule has 0 bridgehead atoms. The van der Waals surface area contributed by atoms with Gasteiger partial charge < -0.3 is 21.7 Å². The molecule has 0 saturated heterocycles. The van der Waals surface area contributed by atoms with Crippen molar-refractivity contribution in [2.24, 2.45) is 5.73 Å². The number of primary amides is 1. The molecule has 0 aliphatic rings. The van der Waals surface area contributed by atoms with Crippen LogP contribution in [0.3, 0.4) is 0 Å². The maximum absolute atomic E-state index is 12.7. The lowest BCUT2D eigenvalue weighted by molar-refractivity contribution is -0.131. The van der Waals surface area contributed by atoms with Crippen LogP contribution in [0.15, 0.2) is 0 Å². The molecule has 0 aliphatic heterocycles. The van der Waals surface area contributed by atoms with Crippen molar-refractivity contribution in [1.82, 2.24) is 16.0 Å². The average molecular weight is 449 g/mol. The number of carbonyl (C=O) groups is 4. The molecule has 2 unspecified atom stereocenters. The first-order valence-corrected chi connectivity index (χ1v) is 12.3. The number of hydrogen-bond donors (Lipinski definition) is 4. The summed E-state index contributed by atoms with van der Waals surface area (Å²) in [6, 6.07) is -1.56. The molecule has 168 valence electrons. The van der Waals surface area contributed by atoms with Crippen LogP contribution in [0.25, 0.3) is 0 Å². The van der Waals surface area contributed by atoms with E-state index in [-0.39, 0.29) is 23.0 Å². The van der Waals surface area contributed by atoms with Crippen molar-refractivity contribution in [3.8, 4) is 0 Å². The van der Waals surface area contributed by atoms with Gasteiger partial charge in [-0.05, 0) is 19.3 Å². The van der Waals surface area contributed by atoms with Crippen LogP contribution in [0.4, 0.5) is 0 Å². The van der Waals surface area contributed by atoms with E-state index in [1.807, 2.05) is 0 Å². The molecule has 0 aromatic rings. The minimum atomic E-state index is -0.813. The van der Waals surface area contributed by atoms with E-state index in [1.165, 1.54) is 10.8 Å². The third-order valence-electron chi connectivity index (χ3n) is 3.74. The van der Waals surface area contributed by atoms with Crippen LogP contribution < -0.4 is 21.7 Å². The van der Waals surface area contributed by atoms with Gasteiger partial charge in [0, 0.05) is 29.9 Å². The molecule has 0 aliphatic carbocycles. The highest BCUT2D eigenvalue weighted by molar-refractivity contribution is 8.77. The van der Waals surface area contributed by atoms with Gasteiger partial charge in [-0.2, -0.15) is 0 Å². The van der Waals surface area contributed by atoms with Crippen LogP contribution in [-0.4, -0.2) is 52.8 Å². The van der Waals surface area contributed by atoms with Gasteiger partial charge in [0.25, 0.3) is 0 Å². The average Bonchev–Trinajstić information content (AvgIpc) is 2.64. The Balaban J connectivity index is 4.74. The largest absolute Gasteiger partial charge is 0.368 e. The lowest BCUT2D eigenvalue weighted by atomic mass is 10.1. The van der Waals surface area contributed by atoms with E-state index < -0.39 is 23.9 Å². The highest BCUT2D eigenvalue weighted by atomic mass is 33.1. The number of unbranched alkanes of at least 4 members (excludes halogenated alkanes) is 1. The molecule has 4 amide bonds. The summed E-state index contributed by atoms with van der Waals surface area (Å²) in [4.78, 5) is 47.5. The number of amides is 4. The van der Waals surface area contributed by atoms with Crippen LogP contribution in [0, 0.1) is 0 Å². The zero-order valence-electron chi connectivity index (χ0n) is 18.1. The maximum Gasteiger partial charge on any atom is 0.243 e. The highest BCUT2D eigenvalue weighted by Crippen LogP contribution is 2.35. The van der Waals surface area contributed by atoms with Gasteiger partial charge in [0.05, 0.1) is 0 Å². The van der Waals surface area contributed by atoms with Crippen molar-refractivity contribution >= 4 is 45.2 Å². The van der Waals surface area contributed by atoms with Gasteiger partial charge >= 0.3 is 0 Å². The van der Waals surface area contributed by atoms with Crippen molar-refractivity contribution in [3.05, 3.63) is 0 Å². The van der Waals surface area contributed by atoms with E-state index >= 15 is 0 Å². The lowest BCUT2D eigenvalue weighted by Crippen LogP contribution is -2.53. The summed E-state index contributed by atoms with van der Waals surface area (Å²) < 4.78 is 0.0156. The molecule has 0 saturated carbocycles. The number of nitrogens with one attached hydrogen (secondary N) is 3. The van der Waals surface area contributed by atoms with Crippen molar-refractivity contribution in [3.63, 3.8) is 0 Å². The monoisotopic (exact) mass is 448 g/mol. The van der Waals surface area contributed by atoms with Gasteiger partial charge in [-0.1, -0.05) is 56.2 Å². The second-order valence-corrected chi connectivity index (χ2v) is 10.8. The number of rotatable bonds is 14. The van der Waals surface area contributed by atoms with Crippen molar-refractivity contribution in [1.29, 1.82) is 0 Å². The normalized spacial score (nSPS) is 13.3. The first-order chi connectivity index (χ1) is 13.5. The minimum absolute atomic E-state index is 0.0156. The number of carbonyl (C=O) groups excluding carboxylic acids is 4. The molecule has 0 rings (SSSR count). The standard InChI is InChI=1S/C19H36N4O4S2/c1-6-15(24)21-11-9-8-10-13(22-16(25)7-2)18(27)23-14(17(20)26)12-28-29-19(3,4)5/h13-14H,6-12H2,1-5H3,(H2,20,26)(H,21,24)(H,22,25)(H,23,27). The Morgan fingerprint density at radius 1 is 0.931 bits per heavy atom. The Hall–Kier alpha value is -1.42. The first kappa shape index (κ1) is 27.6. The fraction of sp³-hybridized carbons (Fsp3) is 0.789. The van der Waals surface area contributed by atoms with E-state index in [9.17, 15) is 19.2 Å². The Bertz CT molecular complexity index is 553. The maximum atomic E-state index is 12.7. The molecular formula is C19H36N4O4S2. The molecule has 5 N–H and O–H groups in total. The van der Waals surface area contributed by atoms with Crippen LogP contribution in [0.1, 0.15) is 66.7 Å². The minimum Gasteiger partial charge on any atom is -0.368 e. The van der Waals surface area contributed by atoms with Crippen LogP contribution in [-0.2, 0) is 19.2 Å². The van der Waals surface area contributed by atoms with Gasteiger partial charge in [-0.15, -0.1) is 0 Å². The Morgan fingerprint density at radius 2 is 1.55 bits per heavy atom. The molecule has 0 fully saturated rings. The quantitative estimate of drug-likeness (QED) is 0.236. The summed E-state index contributed by atoms with van der Waals surface area (Å²) >= 11 is 0. The molecule has 8 nitrogen and oxygen atoms in total. The van der Waals surface area contributed by atoms with E-state index in [4.69, 9.17) is 5.73 Å². The molecule has 29 heavy (non-hydrogen) atoms. The Labute approximate surface area is 182 Å². The topological polar surface area (TPSA) is 130 Å². The molecule has 0 aromatic carbocycles. The SMILES string of the molecule is CCC(=O)NCCCCC(NC(=O)CC)C(=O)NC(CSSC(C)(C)C)C(N)=O. The van der Waals surface area contributed by atoms with Crippen molar-refractivity contribution < 1.29 is 19.2 Å².